The molecule has 6 nitrogen and oxygen atoms in total. The summed E-state index contributed by atoms with van der Waals surface area (Å²) in [6, 6.07) is 7.70. The van der Waals surface area contributed by atoms with Crippen LogP contribution in [-0.2, 0) is 11.2 Å². The van der Waals surface area contributed by atoms with Crippen LogP contribution in [0.25, 0.3) is 0 Å². The third kappa shape index (κ3) is 4.64. The fraction of sp³-hybridized carbons (Fsp3) is 0.500. The molecule has 1 heterocycles. The first-order valence-corrected chi connectivity index (χ1v) is 8.21. The number of hydrogen-bond donors (Lipinski definition) is 1. The van der Waals surface area contributed by atoms with E-state index in [-0.39, 0.29) is 17.9 Å². The minimum absolute atomic E-state index is 0.0348. The van der Waals surface area contributed by atoms with Gasteiger partial charge in [-0.1, -0.05) is 48.8 Å². The molecule has 1 aromatic heterocycles. The molecule has 0 aliphatic carbocycles. The van der Waals surface area contributed by atoms with Crippen LogP contribution < -0.4 is 5.32 Å². The van der Waals surface area contributed by atoms with E-state index < -0.39 is 0 Å². The van der Waals surface area contributed by atoms with Gasteiger partial charge in [-0.2, -0.15) is 4.98 Å². The Hall–Kier alpha value is -2.21. The number of hydrogen-bond acceptors (Lipinski definition) is 5. The number of likely N-dealkylation sites (N-methyl/N-ethyl adjacent to an activating group) is 1. The minimum Gasteiger partial charge on any atom is -0.354 e. The molecule has 1 unspecified atom stereocenters. The van der Waals surface area contributed by atoms with E-state index in [4.69, 9.17) is 4.52 Å². The van der Waals surface area contributed by atoms with Gasteiger partial charge in [0.1, 0.15) is 6.04 Å². The number of carbonyl (C=O) groups excluding carboxylic acids is 1. The predicted molar refractivity (Wildman–Crippen MR) is 92.7 cm³/mol. The van der Waals surface area contributed by atoms with Gasteiger partial charge >= 0.3 is 0 Å². The molecule has 0 saturated heterocycles. The monoisotopic (exact) mass is 330 g/mol. The van der Waals surface area contributed by atoms with Crippen molar-refractivity contribution < 1.29 is 9.32 Å². The van der Waals surface area contributed by atoms with Gasteiger partial charge in [0.15, 0.2) is 5.82 Å². The van der Waals surface area contributed by atoms with Crippen molar-refractivity contribution in [1.82, 2.24) is 20.4 Å². The summed E-state index contributed by atoms with van der Waals surface area (Å²) in [5, 5.41) is 6.88. The number of rotatable bonds is 7. The third-order valence-electron chi connectivity index (χ3n) is 3.80. The van der Waals surface area contributed by atoms with Crippen LogP contribution in [-0.4, -0.2) is 41.6 Å². The molecule has 0 saturated carbocycles. The van der Waals surface area contributed by atoms with Gasteiger partial charge in [0, 0.05) is 18.9 Å². The standard InChI is InChI=1S/C18H26N4O2/c1-12(2)17-20-15(24-21-17)10-11-19-18(23)16(22(4)5)14-8-6-13(3)7-9-14/h6-9,12,16H,10-11H2,1-5H3,(H,19,23). The molecular weight excluding hydrogens is 304 g/mol. The van der Waals surface area contributed by atoms with Gasteiger partial charge in [0.05, 0.1) is 0 Å². The number of benzene rings is 1. The summed E-state index contributed by atoms with van der Waals surface area (Å²) in [5.74, 6) is 1.45. The van der Waals surface area contributed by atoms with Gasteiger partial charge in [-0.3, -0.25) is 9.69 Å². The van der Waals surface area contributed by atoms with Crippen molar-refractivity contribution in [2.75, 3.05) is 20.6 Å². The lowest BCUT2D eigenvalue weighted by atomic mass is 10.0. The summed E-state index contributed by atoms with van der Waals surface area (Å²) in [7, 11) is 3.80. The highest BCUT2D eigenvalue weighted by molar-refractivity contribution is 5.83. The Morgan fingerprint density at radius 1 is 1.25 bits per heavy atom. The van der Waals surface area contributed by atoms with E-state index in [1.54, 1.807) is 0 Å². The second-order valence-corrected chi connectivity index (χ2v) is 6.52. The Morgan fingerprint density at radius 2 is 1.92 bits per heavy atom. The molecule has 24 heavy (non-hydrogen) atoms. The van der Waals surface area contributed by atoms with Crippen LogP contribution in [0.3, 0.4) is 0 Å². The zero-order valence-electron chi connectivity index (χ0n) is 15.0. The fourth-order valence-corrected chi connectivity index (χ4v) is 2.43. The summed E-state index contributed by atoms with van der Waals surface area (Å²) in [6.45, 7) is 6.53. The molecule has 0 aliphatic rings. The van der Waals surface area contributed by atoms with E-state index in [0.29, 0.717) is 24.7 Å². The first kappa shape index (κ1) is 18.1. The topological polar surface area (TPSA) is 71.3 Å². The van der Waals surface area contributed by atoms with Crippen LogP contribution in [0.1, 0.15) is 48.6 Å². The number of nitrogens with one attached hydrogen (secondary N) is 1. The summed E-state index contributed by atoms with van der Waals surface area (Å²) < 4.78 is 5.19. The Balaban J connectivity index is 1.94. The third-order valence-corrected chi connectivity index (χ3v) is 3.80. The molecule has 2 aromatic rings. The first-order valence-electron chi connectivity index (χ1n) is 8.21. The maximum atomic E-state index is 12.6. The van der Waals surface area contributed by atoms with E-state index >= 15 is 0 Å². The van der Waals surface area contributed by atoms with Crippen molar-refractivity contribution in [3.05, 3.63) is 47.1 Å². The van der Waals surface area contributed by atoms with Gasteiger partial charge in [0.25, 0.3) is 0 Å². The Morgan fingerprint density at radius 3 is 2.46 bits per heavy atom. The summed E-state index contributed by atoms with van der Waals surface area (Å²) in [5.41, 5.74) is 2.15. The van der Waals surface area contributed by atoms with Crippen molar-refractivity contribution in [3.63, 3.8) is 0 Å². The smallest absolute Gasteiger partial charge is 0.241 e. The van der Waals surface area contributed by atoms with Crippen LogP contribution in [0, 0.1) is 6.92 Å². The molecule has 6 heteroatoms. The minimum atomic E-state index is -0.320. The molecule has 130 valence electrons. The molecule has 1 atom stereocenters. The van der Waals surface area contributed by atoms with Gasteiger partial charge in [-0.15, -0.1) is 0 Å². The second-order valence-electron chi connectivity index (χ2n) is 6.52. The molecule has 0 bridgehead atoms. The van der Waals surface area contributed by atoms with E-state index in [0.717, 1.165) is 5.56 Å². The average Bonchev–Trinajstić information content (AvgIpc) is 2.98. The van der Waals surface area contributed by atoms with Crippen LogP contribution in [0.2, 0.25) is 0 Å². The maximum Gasteiger partial charge on any atom is 0.241 e. The number of aryl methyl sites for hydroxylation is 1. The zero-order chi connectivity index (χ0) is 17.7. The van der Waals surface area contributed by atoms with E-state index in [2.05, 4.69) is 15.5 Å². The molecular formula is C18H26N4O2. The lowest BCUT2D eigenvalue weighted by Crippen LogP contribution is -2.37. The molecule has 2 rings (SSSR count). The highest BCUT2D eigenvalue weighted by Gasteiger charge is 2.22. The molecule has 0 spiro atoms. The molecule has 0 aliphatic heterocycles. The van der Waals surface area contributed by atoms with Crippen LogP contribution in [0.4, 0.5) is 0 Å². The summed E-state index contributed by atoms with van der Waals surface area (Å²) in [4.78, 5) is 18.8. The SMILES string of the molecule is Cc1ccc(C(C(=O)NCCc2nc(C(C)C)no2)N(C)C)cc1. The average molecular weight is 330 g/mol. The van der Waals surface area contributed by atoms with Gasteiger partial charge in [-0.25, -0.2) is 0 Å². The van der Waals surface area contributed by atoms with E-state index in [9.17, 15) is 4.79 Å². The lowest BCUT2D eigenvalue weighted by Gasteiger charge is -2.23. The lowest BCUT2D eigenvalue weighted by molar-refractivity contribution is -0.125. The number of carbonyl (C=O) groups is 1. The molecule has 1 aromatic carbocycles. The summed E-state index contributed by atoms with van der Waals surface area (Å²) in [6.07, 6.45) is 0.527. The zero-order valence-corrected chi connectivity index (χ0v) is 15.0. The Labute approximate surface area is 143 Å². The first-order chi connectivity index (χ1) is 11.4. The molecule has 0 radical (unpaired) electrons. The quantitative estimate of drug-likeness (QED) is 0.844. The molecule has 1 amide bonds. The number of nitrogens with zero attached hydrogens (tertiary/aromatic N) is 3. The van der Waals surface area contributed by atoms with Gasteiger partial charge < -0.3 is 9.84 Å². The van der Waals surface area contributed by atoms with Crippen molar-refractivity contribution in [1.29, 1.82) is 0 Å². The Bertz CT molecular complexity index is 662. The highest BCUT2D eigenvalue weighted by atomic mass is 16.5. The maximum absolute atomic E-state index is 12.6. The number of aromatic nitrogens is 2. The highest BCUT2D eigenvalue weighted by Crippen LogP contribution is 2.19. The summed E-state index contributed by atoms with van der Waals surface area (Å²) >= 11 is 0. The van der Waals surface area contributed by atoms with Crippen LogP contribution in [0.15, 0.2) is 28.8 Å². The van der Waals surface area contributed by atoms with Crippen molar-refractivity contribution in [2.24, 2.45) is 0 Å². The van der Waals surface area contributed by atoms with Crippen molar-refractivity contribution in [3.8, 4) is 0 Å². The second kappa shape index (κ2) is 8.06. The van der Waals surface area contributed by atoms with E-state index in [1.165, 1.54) is 5.56 Å². The largest absolute Gasteiger partial charge is 0.354 e. The van der Waals surface area contributed by atoms with Crippen molar-refractivity contribution >= 4 is 5.91 Å². The number of amides is 1. The Kier molecular flexibility index (Phi) is 6.09. The molecule has 1 N–H and O–H groups in total. The van der Waals surface area contributed by atoms with Crippen molar-refractivity contribution in [2.45, 2.75) is 39.2 Å². The predicted octanol–water partition coefficient (Wildman–Crippen LogP) is 2.46. The van der Waals surface area contributed by atoms with Crippen LogP contribution >= 0.6 is 0 Å². The fourth-order valence-electron chi connectivity index (χ4n) is 2.43. The molecule has 0 fully saturated rings. The van der Waals surface area contributed by atoms with E-state index in [1.807, 2.05) is 64.0 Å². The van der Waals surface area contributed by atoms with Gasteiger partial charge in [-0.05, 0) is 26.6 Å². The van der Waals surface area contributed by atoms with Crippen LogP contribution in [0.5, 0.6) is 0 Å². The van der Waals surface area contributed by atoms with Gasteiger partial charge in [0.2, 0.25) is 11.8 Å². The normalized spacial score (nSPS) is 12.6.